The highest BCUT2D eigenvalue weighted by Gasteiger charge is 2.11. The van der Waals surface area contributed by atoms with Crippen molar-refractivity contribution in [3.8, 4) is 11.8 Å². The summed E-state index contributed by atoms with van der Waals surface area (Å²) >= 11 is 0. The molecule has 0 fully saturated rings. The van der Waals surface area contributed by atoms with Crippen molar-refractivity contribution in [2.75, 3.05) is 5.32 Å². The highest BCUT2D eigenvalue weighted by molar-refractivity contribution is 6.12. The van der Waals surface area contributed by atoms with E-state index in [1.165, 1.54) is 18.2 Å². The Kier molecular flexibility index (Phi) is 4.26. The standard InChI is InChI=1S/C20H14N2O2/c21-13-16(11-14-5-3-8-17(23)12-14)20(24)22-19-10-4-7-15-6-1-2-9-18(15)19/h1-12,23H,(H,22,24)/b16-11+. The largest absolute Gasteiger partial charge is 0.508 e. The van der Waals surface area contributed by atoms with Gasteiger partial charge in [0, 0.05) is 11.1 Å². The monoisotopic (exact) mass is 314 g/mol. The zero-order chi connectivity index (χ0) is 16.9. The molecule has 2 N–H and O–H groups in total. The molecule has 0 aliphatic carbocycles. The molecule has 0 heterocycles. The molecule has 3 aromatic carbocycles. The van der Waals surface area contributed by atoms with Crippen LogP contribution < -0.4 is 5.32 Å². The van der Waals surface area contributed by atoms with Crippen molar-refractivity contribution in [2.45, 2.75) is 0 Å². The van der Waals surface area contributed by atoms with Crippen molar-refractivity contribution in [3.63, 3.8) is 0 Å². The van der Waals surface area contributed by atoms with Crippen molar-refractivity contribution >= 4 is 28.4 Å². The quantitative estimate of drug-likeness (QED) is 0.565. The maximum absolute atomic E-state index is 12.4. The van der Waals surface area contributed by atoms with E-state index in [0.717, 1.165) is 10.8 Å². The van der Waals surface area contributed by atoms with Crippen LogP contribution in [-0.4, -0.2) is 11.0 Å². The van der Waals surface area contributed by atoms with Gasteiger partial charge < -0.3 is 10.4 Å². The van der Waals surface area contributed by atoms with Gasteiger partial charge in [0.15, 0.2) is 0 Å². The van der Waals surface area contributed by atoms with Crippen molar-refractivity contribution in [3.05, 3.63) is 77.9 Å². The van der Waals surface area contributed by atoms with E-state index in [4.69, 9.17) is 0 Å². The van der Waals surface area contributed by atoms with Gasteiger partial charge in [0.05, 0.1) is 0 Å². The number of fused-ring (bicyclic) bond motifs is 1. The van der Waals surface area contributed by atoms with Crippen molar-refractivity contribution in [1.82, 2.24) is 0 Å². The molecule has 0 aliphatic rings. The van der Waals surface area contributed by atoms with Gasteiger partial charge in [-0.25, -0.2) is 0 Å². The van der Waals surface area contributed by atoms with Crippen LogP contribution >= 0.6 is 0 Å². The number of phenols is 1. The molecule has 0 aromatic heterocycles. The normalized spacial score (nSPS) is 11.0. The van der Waals surface area contributed by atoms with E-state index in [1.54, 1.807) is 18.2 Å². The van der Waals surface area contributed by atoms with Gasteiger partial charge >= 0.3 is 0 Å². The number of nitrogens with zero attached hydrogens (tertiary/aromatic N) is 1. The van der Waals surface area contributed by atoms with Gasteiger partial charge in [-0.05, 0) is 35.2 Å². The van der Waals surface area contributed by atoms with Crippen LogP contribution in [0.1, 0.15) is 5.56 Å². The predicted octanol–water partition coefficient (Wildman–Crippen LogP) is 4.09. The molecule has 0 atom stereocenters. The van der Waals surface area contributed by atoms with Gasteiger partial charge in [0.1, 0.15) is 17.4 Å². The van der Waals surface area contributed by atoms with Crippen molar-refractivity contribution < 1.29 is 9.90 Å². The van der Waals surface area contributed by atoms with E-state index in [0.29, 0.717) is 11.3 Å². The molecule has 0 saturated heterocycles. The van der Waals surface area contributed by atoms with E-state index in [9.17, 15) is 15.2 Å². The smallest absolute Gasteiger partial charge is 0.266 e. The Bertz CT molecular complexity index is 979. The topological polar surface area (TPSA) is 73.1 Å². The fraction of sp³-hybridized carbons (Fsp3) is 0. The summed E-state index contributed by atoms with van der Waals surface area (Å²) in [7, 11) is 0. The highest BCUT2D eigenvalue weighted by atomic mass is 16.3. The Balaban J connectivity index is 1.91. The molecule has 0 unspecified atom stereocenters. The predicted molar refractivity (Wildman–Crippen MR) is 94.3 cm³/mol. The maximum Gasteiger partial charge on any atom is 0.266 e. The lowest BCUT2D eigenvalue weighted by Crippen LogP contribution is -2.13. The highest BCUT2D eigenvalue weighted by Crippen LogP contribution is 2.23. The molecular weight excluding hydrogens is 300 g/mol. The van der Waals surface area contributed by atoms with Gasteiger partial charge in [0.25, 0.3) is 5.91 Å². The van der Waals surface area contributed by atoms with E-state index >= 15 is 0 Å². The second-order valence-corrected chi connectivity index (χ2v) is 5.25. The summed E-state index contributed by atoms with van der Waals surface area (Å²) < 4.78 is 0. The SMILES string of the molecule is N#C/C(=C\c1cccc(O)c1)C(=O)Nc1cccc2ccccc12. The summed E-state index contributed by atoms with van der Waals surface area (Å²) in [5.74, 6) is -0.410. The Labute approximate surface area is 139 Å². The van der Waals surface area contributed by atoms with Gasteiger partial charge in [-0.3, -0.25) is 4.79 Å². The van der Waals surface area contributed by atoms with Crippen LogP contribution in [0, 0.1) is 11.3 Å². The molecule has 116 valence electrons. The molecule has 3 rings (SSSR count). The number of amides is 1. The Morgan fingerprint density at radius 2 is 1.79 bits per heavy atom. The third kappa shape index (κ3) is 3.26. The first-order chi connectivity index (χ1) is 11.7. The maximum atomic E-state index is 12.4. The summed E-state index contributed by atoms with van der Waals surface area (Å²) in [6.45, 7) is 0. The first kappa shape index (κ1) is 15.3. The lowest BCUT2D eigenvalue weighted by atomic mass is 10.1. The summed E-state index contributed by atoms with van der Waals surface area (Å²) in [5, 5.41) is 23.4. The summed E-state index contributed by atoms with van der Waals surface area (Å²) in [5.41, 5.74) is 1.20. The summed E-state index contributed by atoms with van der Waals surface area (Å²) in [6.07, 6.45) is 1.44. The van der Waals surface area contributed by atoms with Crippen LogP contribution in [0.15, 0.2) is 72.3 Å². The lowest BCUT2D eigenvalue weighted by Gasteiger charge is -2.08. The lowest BCUT2D eigenvalue weighted by molar-refractivity contribution is -0.112. The van der Waals surface area contributed by atoms with E-state index in [2.05, 4.69) is 5.32 Å². The molecule has 0 spiro atoms. The van der Waals surface area contributed by atoms with Crippen LogP contribution in [0.4, 0.5) is 5.69 Å². The van der Waals surface area contributed by atoms with Crippen LogP contribution in [-0.2, 0) is 4.79 Å². The Morgan fingerprint density at radius 3 is 2.58 bits per heavy atom. The molecule has 4 heteroatoms. The second-order valence-electron chi connectivity index (χ2n) is 5.25. The Hall–Kier alpha value is -3.58. The van der Waals surface area contributed by atoms with Crippen LogP contribution in [0.2, 0.25) is 0 Å². The van der Waals surface area contributed by atoms with Crippen molar-refractivity contribution in [2.24, 2.45) is 0 Å². The molecule has 3 aromatic rings. The number of rotatable bonds is 3. The molecule has 0 radical (unpaired) electrons. The van der Waals surface area contributed by atoms with Gasteiger partial charge in [-0.15, -0.1) is 0 Å². The molecule has 0 bridgehead atoms. The minimum atomic E-state index is -0.489. The van der Waals surface area contributed by atoms with E-state index in [-0.39, 0.29) is 11.3 Å². The number of nitriles is 1. The fourth-order valence-corrected chi connectivity index (χ4v) is 2.45. The average molecular weight is 314 g/mol. The minimum absolute atomic E-state index is 0.0338. The summed E-state index contributed by atoms with van der Waals surface area (Å²) in [4.78, 5) is 12.4. The second kappa shape index (κ2) is 6.67. The number of benzene rings is 3. The van der Waals surface area contributed by atoms with Crippen LogP contribution in [0.25, 0.3) is 16.8 Å². The fourth-order valence-electron chi connectivity index (χ4n) is 2.45. The number of carbonyl (C=O) groups is 1. The van der Waals surface area contributed by atoms with E-state index in [1.807, 2.05) is 42.5 Å². The number of nitrogens with one attached hydrogen (secondary N) is 1. The molecular formula is C20H14N2O2. The molecule has 24 heavy (non-hydrogen) atoms. The Morgan fingerprint density at radius 1 is 1.04 bits per heavy atom. The number of hydrogen-bond acceptors (Lipinski definition) is 3. The zero-order valence-corrected chi connectivity index (χ0v) is 12.7. The van der Waals surface area contributed by atoms with Crippen molar-refractivity contribution in [1.29, 1.82) is 5.26 Å². The minimum Gasteiger partial charge on any atom is -0.508 e. The number of phenolic OH excluding ortho intramolecular Hbond substituents is 1. The van der Waals surface area contributed by atoms with Crippen LogP contribution in [0.5, 0.6) is 5.75 Å². The average Bonchev–Trinajstić information content (AvgIpc) is 2.60. The number of anilines is 1. The van der Waals surface area contributed by atoms with Gasteiger partial charge in [-0.2, -0.15) is 5.26 Å². The first-order valence-corrected chi connectivity index (χ1v) is 7.37. The first-order valence-electron chi connectivity index (χ1n) is 7.37. The number of hydrogen-bond donors (Lipinski definition) is 2. The third-order valence-corrected chi connectivity index (χ3v) is 3.58. The number of carbonyl (C=O) groups excluding carboxylic acids is 1. The third-order valence-electron chi connectivity index (χ3n) is 3.58. The molecule has 0 saturated carbocycles. The molecule has 4 nitrogen and oxygen atoms in total. The van der Waals surface area contributed by atoms with Gasteiger partial charge in [0.2, 0.25) is 0 Å². The number of aromatic hydroxyl groups is 1. The van der Waals surface area contributed by atoms with Gasteiger partial charge in [-0.1, -0.05) is 48.5 Å². The zero-order valence-electron chi connectivity index (χ0n) is 12.7. The molecule has 1 amide bonds. The van der Waals surface area contributed by atoms with E-state index < -0.39 is 5.91 Å². The summed E-state index contributed by atoms with van der Waals surface area (Å²) in [6, 6.07) is 21.6. The molecule has 0 aliphatic heterocycles. The van der Waals surface area contributed by atoms with Crippen LogP contribution in [0.3, 0.4) is 0 Å².